The zero-order chi connectivity index (χ0) is 20.8. The average Bonchev–Trinajstić information content (AvgIpc) is 3.27. The van der Waals surface area contributed by atoms with Crippen LogP contribution in [0.25, 0.3) is 11.4 Å². The number of carbonyl (C=O) groups excluding carboxylic acids is 1. The molecule has 1 aromatic heterocycles. The molecule has 0 unspecified atom stereocenters. The third-order valence-corrected chi connectivity index (χ3v) is 4.91. The molecule has 0 spiro atoms. The van der Waals surface area contributed by atoms with Gasteiger partial charge in [-0.1, -0.05) is 95.6 Å². The summed E-state index contributed by atoms with van der Waals surface area (Å²) >= 11 is 0. The Hall–Kier alpha value is -3.73. The van der Waals surface area contributed by atoms with Crippen molar-refractivity contribution in [3.8, 4) is 11.4 Å². The van der Waals surface area contributed by atoms with Gasteiger partial charge in [0, 0.05) is 18.4 Å². The highest BCUT2D eigenvalue weighted by Gasteiger charge is 2.17. The van der Waals surface area contributed by atoms with Crippen LogP contribution in [0.4, 0.5) is 0 Å². The van der Waals surface area contributed by atoms with Crippen molar-refractivity contribution in [2.24, 2.45) is 0 Å². The Morgan fingerprint density at radius 1 is 0.900 bits per heavy atom. The van der Waals surface area contributed by atoms with Crippen LogP contribution in [0, 0.1) is 6.92 Å². The zero-order valence-corrected chi connectivity index (χ0v) is 16.8. The first kappa shape index (κ1) is 19.6. The minimum Gasteiger partial charge on any atom is -0.345 e. The predicted octanol–water partition coefficient (Wildman–Crippen LogP) is 4.88. The first-order chi connectivity index (χ1) is 14.7. The second kappa shape index (κ2) is 9.18. The van der Waals surface area contributed by atoms with Gasteiger partial charge < -0.3 is 9.84 Å². The van der Waals surface area contributed by atoms with Crippen LogP contribution in [0.5, 0.6) is 0 Å². The molecule has 30 heavy (non-hydrogen) atoms. The summed E-state index contributed by atoms with van der Waals surface area (Å²) in [4.78, 5) is 17.1. The van der Waals surface area contributed by atoms with Crippen LogP contribution in [-0.4, -0.2) is 16.0 Å². The molecule has 0 aliphatic rings. The molecule has 1 heterocycles. The number of nitrogens with zero attached hydrogens (tertiary/aromatic N) is 2. The number of benzene rings is 3. The van der Waals surface area contributed by atoms with E-state index in [1.165, 1.54) is 5.56 Å². The first-order valence-corrected chi connectivity index (χ1v) is 9.98. The molecule has 4 aromatic rings. The van der Waals surface area contributed by atoms with Crippen LogP contribution < -0.4 is 5.32 Å². The molecular formula is C25H23N3O2. The molecule has 1 amide bonds. The number of aromatic nitrogens is 2. The number of amides is 1. The molecule has 0 fully saturated rings. The molecule has 0 aliphatic heterocycles. The number of hydrogen-bond acceptors (Lipinski definition) is 4. The minimum atomic E-state index is -0.203. The van der Waals surface area contributed by atoms with Crippen LogP contribution in [-0.2, 0) is 11.2 Å². The Morgan fingerprint density at radius 2 is 1.50 bits per heavy atom. The summed E-state index contributed by atoms with van der Waals surface area (Å²) in [5, 5.41) is 7.17. The van der Waals surface area contributed by atoms with E-state index in [9.17, 15) is 4.79 Å². The van der Waals surface area contributed by atoms with Crippen molar-refractivity contribution in [2.45, 2.75) is 25.8 Å². The summed E-state index contributed by atoms with van der Waals surface area (Å²) < 4.78 is 5.33. The van der Waals surface area contributed by atoms with Gasteiger partial charge in [0.25, 0.3) is 0 Å². The highest BCUT2D eigenvalue weighted by atomic mass is 16.5. The average molecular weight is 397 g/mol. The Labute approximate surface area is 175 Å². The normalized spacial score (nSPS) is 10.9. The van der Waals surface area contributed by atoms with E-state index in [1.54, 1.807) is 0 Å². The second-order valence-corrected chi connectivity index (χ2v) is 7.20. The van der Waals surface area contributed by atoms with Crippen molar-refractivity contribution in [2.75, 3.05) is 0 Å². The lowest BCUT2D eigenvalue weighted by Gasteiger charge is -2.19. The van der Waals surface area contributed by atoms with E-state index >= 15 is 0 Å². The summed E-state index contributed by atoms with van der Waals surface area (Å²) in [5.74, 6) is 0.927. The van der Waals surface area contributed by atoms with Gasteiger partial charge in [-0.2, -0.15) is 4.98 Å². The van der Waals surface area contributed by atoms with Crippen LogP contribution in [0.2, 0.25) is 0 Å². The number of rotatable bonds is 7. The molecule has 0 saturated carbocycles. The number of hydrogen-bond donors (Lipinski definition) is 1. The van der Waals surface area contributed by atoms with Crippen LogP contribution in [0.15, 0.2) is 89.5 Å². The highest BCUT2D eigenvalue weighted by Crippen LogP contribution is 2.22. The van der Waals surface area contributed by atoms with Gasteiger partial charge in [-0.15, -0.1) is 0 Å². The molecule has 0 bridgehead atoms. The fourth-order valence-electron chi connectivity index (χ4n) is 3.28. The molecule has 1 N–H and O–H groups in total. The minimum absolute atomic E-state index is 0.0669. The van der Waals surface area contributed by atoms with Crippen molar-refractivity contribution in [1.82, 2.24) is 15.5 Å². The standard InChI is InChI=1S/C25H23N3O2/c1-18-12-14-21(15-13-18)25-27-23(30-28-25)17-16-22(29)26-24(19-8-4-2-5-9-19)20-10-6-3-7-11-20/h2-15,24H,16-17H2,1H3,(H,26,29). The number of aryl methyl sites for hydroxylation is 2. The van der Waals surface area contributed by atoms with E-state index in [0.717, 1.165) is 16.7 Å². The van der Waals surface area contributed by atoms with Crippen LogP contribution in [0.1, 0.15) is 35.0 Å². The molecule has 0 saturated heterocycles. The maximum absolute atomic E-state index is 12.7. The van der Waals surface area contributed by atoms with Gasteiger partial charge in [0.15, 0.2) is 0 Å². The summed E-state index contributed by atoms with van der Waals surface area (Å²) in [7, 11) is 0. The van der Waals surface area contributed by atoms with Crippen molar-refractivity contribution >= 4 is 5.91 Å². The molecule has 5 heteroatoms. The molecule has 5 nitrogen and oxygen atoms in total. The molecule has 0 radical (unpaired) electrons. The lowest BCUT2D eigenvalue weighted by Crippen LogP contribution is -2.29. The molecular weight excluding hydrogens is 374 g/mol. The SMILES string of the molecule is Cc1ccc(-c2noc(CCC(=O)NC(c3ccccc3)c3ccccc3)n2)cc1. The largest absolute Gasteiger partial charge is 0.345 e. The summed E-state index contributed by atoms with van der Waals surface area (Å²) in [5.41, 5.74) is 4.15. The van der Waals surface area contributed by atoms with Gasteiger partial charge in [-0.3, -0.25) is 4.79 Å². The summed E-state index contributed by atoms with van der Waals surface area (Å²) in [6.45, 7) is 2.03. The van der Waals surface area contributed by atoms with Crippen molar-refractivity contribution in [1.29, 1.82) is 0 Å². The fraction of sp³-hybridized carbons (Fsp3) is 0.160. The second-order valence-electron chi connectivity index (χ2n) is 7.20. The Morgan fingerprint density at radius 3 is 2.10 bits per heavy atom. The Bertz CT molecular complexity index is 1050. The van der Waals surface area contributed by atoms with E-state index in [0.29, 0.717) is 18.1 Å². The third-order valence-electron chi connectivity index (χ3n) is 4.91. The quantitative estimate of drug-likeness (QED) is 0.482. The van der Waals surface area contributed by atoms with E-state index in [2.05, 4.69) is 15.5 Å². The smallest absolute Gasteiger partial charge is 0.227 e. The maximum Gasteiger partial charge on any atom is 0.227 e. The van der Waals surface area contributed by atoms with Crippen molar-refractivity contribution < 1.29 is 9.32 Å². The first-order valence-electron chi connectivity index (χ1n) is 9.98. The van der Waals surface area contributed by atoms with Crippen molar-refractivity contribution in [3.05, 3.63) is 108 Å². The summed E-state index contributed by atoms with van der Waals surface area (Å²) in [6.07, 6.45) is 0.659. The van der Waals surface area contributed by atoms with Gasteiger partial charge in [0.2, 0.25) is 17.6 Å². The van der Waals surface area contributed by atoms with Crippen molar-refractivity contribution in [3.63, 3.8) is 0 Å². The topological polar surface area (TPSA) is 68.0 Å². The molecule has 3 aromatic carbocycles. The van der Waals surface area contributed by atoms with Crippen LogP contribution >= 0.6 is 0 Å². The summed E-state index contributed by atoms with van der Waals surface area (Å²) in [6, 6.07) is 27.6. The van der Waals surface area contributed by atoms with E-state index in [-0.39, 0.29) is 18.4 Å². The van der Waals surface area contributed by atoms with Gasteiger partial charge in [-0.05, 0) is 18.1 Å². The molecule has 0 atom stereocenters. The number of carbonyl (C=O) groups is 1. The highest BCUT2D eigenvalue weighted by molar-refractivity contribution is 5.77. The van der Waals surface area contributed by atoms with Gasteiger partial charge in [-0.25, -0.2) is 0 Å². The Balaban J connectivity index is 1.41. The third kappa shape index (κ3) is 4.81. The fourth-order valence-corrected chi connectivity index (χ4v) is 3.28. The van der Waals surface area contributed by atoms with E-state index in [4.69, 9.17) is 4.52 Å². The van der Waals surface area contributed by atoms with Gasteiger partial charge in [0.05, 0.1) is 6.04 Å². The Kier molecular flexibility index (Phi) is 5.99. The van der Waals surface area contributed by atoms with E-state index in [1.807, 2.05) is 91.9 Å². The molecule has 4 rings (SSSR count). The molecule has 0 aliphatic carbocycles. The number of nitrogens with one attached hydrogen (secondary N) is 1. The molecule has 150 valence electrons. The van der Waals surface area contributed by atoms with Gasteiger partial charge >= 0.3 is 0 Å². The maximum atomic E-state index is 12.7. The van der Waals surface area contributed by atoms with Gasteiger partial charge in [0.1, 0.15) is 0 Å². The lowest BCUT2D eigenvalue weighted by atomic mass is 9.98. The monoisotopic (exact) mass is 397 g/mol. The van der Waals surface area contributed by atoms with Crippen LogP contribution in [0.3, 0.4) is 0 Å². The predicted molar refractivity (Wildman–Crippen MR) is 116 cm³/mol. The zero-order valence-electron chi connectivity index (χ0n) is 16.8. The lowest BCUT2D eigenvalue weighted by molar-refractivity contribution is -0.121. The van der Waals surface area contributed by atoms with E-state index < -0.39 is 0 Å².